The lowest BCUT2D eigenvalue weighted by atomic mass is 9.92. The lowest BCUT2D eigenvalue weighted by Gasteiger charge is -2.38. The maximum Gasteiger partial charge on any atom is 0.254 e. The molecule has 0 saturated carbocycles. The van der Waals surface area contributed by atoms with Crippen LogP contribution in [0.15, 0.2) is 30.5 Å². The maximum absolute atomic E-state index is 13.2. The lowest BCUT2D eigenvalue weighted by molar-refractivity contribution is -0.0379. The van der Waals surface area contributed by atoms with E-state index in [0.29, 0.717) is 35.5 Å². The van der Waals surface area contributed by atoms with Crippen LogP contribution in [0.4, 0.5) is 0 Å². The Kier molecular flexibility index (Phi) is 5.33. The SMILES string of the molecule is COC1(C)CCN(C(=O)c2ccc(C#N)cc2-c2ccn(C(C)C)n2)CC1. The second-order valence-electron chi connectivity index (χ2n) is 7.59. The van der Waals surface area contributed by atoms with Crippen LogP contribution in [0.2, 0.25) is 0 Å². The molecule has 1 saturated heterocycles. The van der Waals surface area contributed by atoms with Crippen molar-refractivity contribution in [1.29, 1.82) is 5.26 Å². The molecule has 3 rings (SSSR count). The average molecular weight is 366 g/mol. The second kappa shape index (κ2) is 7.53. The van der Waals surface area contributed by atoms with Gasteiger partial charge in [-0.15, -0.1) is 0 Å². The molecule has 27 heavy (non-hydrogen) atoms. The summed E-state index contributed by atoms with van der Waals surface area (Å²) in [5, 5.41) is 13.9. The fourth-order valence-electron chi connectivity index (χ4n) is 3.34. The van der Waals surface area contributed by atoms with Crippen LogP contribution in [-0.4, -0.2) is 46.4 Å². The van der Waals surface area contributed by atoms with Gasteiger partial charge in [0.25, 0.3) is 5.91 Å². The molecule has 2 aromatic rings. The van der Waals surface area contributed by atoms with Crippen molar-refractivity contribution in [1.82, 2.24) is 14.7 Å². The maximum atomic E-state index is 13.2. The van der Waals surface area contributed by atoms with Crippen molar-refractivity contribution in [3.8, 4) is 17.3 Å². The van der Waals surface area contributed by atoms with Crippen LogP contribution >= 0.6 is 0 Å². The summed E-state index contributed by atoms with van der Waals surface area (Å²) in [5.74, 6) is -0.0215. The number of hydrogen-bond acceptors (Lipinski definition) is 4. The number of piperidine rings is 1. The Morgan fingerprint density at radius 1 is 1.30 bits per heavy atom. The second-order valence-corrected chi connectivity index (χ2v) is 7.59. The molecule has 1 fully saturated rings. The zero-order valence-corrected chi connectivity index (χ0v) is 16.4. The summed E-state index contributed by atoms with van der Waals surface area (Å²) < 4.78 is 7.43. The fraction of sp³-hybridized carbons (Fsp3) is 0.476. The minimum absolute atomic E-state index is 0.0215. The minimum Gasteiger partial charge on any atom is -0.378 e. The van der Waals surface area contributed by atoms with Crippen molar-refractivity contribution in [3.63, 3.8) is 0 Å². The Morgan fingerprint density at radius 2 is 2.00 bits per heavy atom. The third-order valence-electron chi connectivity index (χ3n) is 5.39. The van der Waals surface area contributed by atoms with Gasteiger partial charge in [0.1, 0.15) is 0 Å². The van der Waals surface area contributed by atoms with Crippen molar-refractivity contribution in [2.24, 2.45) is 0 Å². The van der Waals surface area contributed by atoms with Gasteiger partial charge in [0.2, 0.25) is 0 Å². The van der Waals surface area contributed by atoms with Gasteiger partial charge in [-0.2, -0.15) is 10.4 Å². The molecule has 0 N–H and O–H groups in total. The van der Waals surface area contributed by atoms with E-state index in [0.717, 1.165) is 12.8 Å². The minimum atomic E-state index is -0.166. The lowest BCUT2D eigenvalue weighted by Crippen LogP contribution is -2.46. The summed E-state index contributed by atoms with van der Waals surface area (Å²) >= 11 is 0. The van der Waals surface area contributed by atoms with Crippen molar-refractivity contribution in [2.75, 3.05) is 20.2 Å². The van der Waals surface area contributed by atoms with Crippen LogP contribution in [0.1, 0.15) is 55.6 Å². The normalized spacial score (nSPS) is 16.4. The smallest absolute Gasteiger partial charge is 0.254 e. The number of hydrogen-bond donors (Lipinski definition) is 0. The molecule has 6 heteroatoms. The van der Waals surface area contributed by atoms with Gasteiger partial charge in [-0.05, 0) is 57.9 Å². The van der Waals surface area contributed by atoms with Crippen LogP contribution in [0.25, 0.3) is 11.3 Å². The van der Waals surface area contributed by atoms with Crippen LogP contribution < -0.4 is 0 Å². The topological polar surface area (TPSA) is 71.2 Å². The van der Waals surface area contributed by atoms with Gasteiger partial charge in [-0.1, -0.05) is 0 Å². The number of nitriles is 1. The van der Waals surface area contributed by atoms with E-state index in [1.807, 2.05) is 21.8 Å². The highest BCUT2D eigenvalue weighted by Gasteiger charge is 2.32. The third kappa shape index (κ3) is 3.88. The number of ether oxygens (including phenoxy) is 1. The van der Waals surface area contributed by atoms with E-state index in [2.05, 4.69) is 31.9 Å². The molecule has 1 aromatic heterocycles. The molecule has 6 nitrogen and oxygen atoms in total. The summed E-state index contributed by atoms with van der Waals surface area (Å²) in [6.45, 7) is 7.50. The van der Waals surface area contributed by atoms with E-state index in [9.17, 15) is 10.1 Å². The first kappa shape index (κ1) is 19.1. The van der Waals surface area contributed by atoms with E-state index in [4.69, 9.17) is 4.74 Å². The average Bonchev–Trinajstić information content (AvgIpc) is 3.18. The van der Waals surface area contributed by atoms with Gasteiger partial charge in [0, 0.05) is 43.6 Å². The van der Waals surface area contributed by atoms with E-state index >= 15 is 0 Å². The first-order valence-electron chi connectivity index (χ1n) is 9.31. The number of benzene rings is 1. The zero-order valence-electron chi connectivity index (χ0n) is 16.4. The third-order valence-corrected chi connectivity index (χ3v) is 5.39. The summed E-state index contributed by atoms with van der Waals surface area (Å²) in [5.41, 5.74) is 2.36. The van der Waals surface area contributed by atoms with Crippen LogP contribution in [0.3, 0.4) is 0 Å². The molecule has 1 aromatic carbocycles. The molecular weight excluding hydrogens is 340 g/mol. The molecule has 0 aliphatic carbocycles. The molecule has 1 amide bonds. The molecule has 1 aliphatic rings. The molecule has 2 heterocycles. The number of aromatic nitrogens is 2. The highest BCUT2D eigenvalue weighted by molar-refractivity contribution is 6.00. The number of rotatable bonds is 4. The summed E-state index contributed by atoms with van der Waals surface area (Å²) in [7, 11) is 1.72. The number of carbonyl (C=O) groups is 1. The molecule has 142 valence electrons. The summed E-state index contributed by atoms with van der Waals surface area (Å²) in [6.07, 6.45) is 3.52. The zero-order chi connectivity index (χ0) is 19.6. The predicted molar refractivity (Wildman–Crippen MR) is 103 cm³/mol. The number of carbonyl (C=O) groups excluding carboxylic acids is 1. The first-order chi connectivity index (χ1) is 12.9. The monoisotopic (exact) mass is 366 g/mol. The first-order valence-corrected chi connectivity index (χ1v) is 9.31. The molecule has 0 spiro atoms. The van der Waals surface area contributed by atoms with E-state index in [1.165, 1.54) is 0 Å². The standard InChI is InChI=1S/C21H26N4O2/c1-15(2)25-10-7-19(23-25)18-13-16(14-22)5-6-17(18)20(26)24-11-8-21(3,27-4)9-12-24/h5-7,10,13,15H,8-9,11-12H2,1-4H3. The number of nitrogens with zero attached hydrogens (tertiary/aromatic N) is 4. The van der Waals surface area contributed by atoms with E-state index < -0.39 is 0 Å². The van der Waals surface area contributed by atoms with Crippen LogP contribution in [0.5, 0.6) is 0 Å². The van der Waals surface area contributed by atoms with Crippen LogP contribution in [-0.2, 0) is 4.74 Å². The number of amides is 1. The molecule has 0 bridgehead atoms. The molecule has 0 radical (unpaired) electrons. The Bertz CT molecular complexity index is 871. The summed E-state index contributed by atoms with van der Waals surface area (Å²) in [4.78, 5) is 15.1. The van der Waals surface area contributed by atoms with Gasteiger partial charge in [-0.3, -0.25) is 9.48 Å². The van der Waals surface area contributed by atoms with Crippen LogP contribution in [0, 0.1) is 11.3 Å². The molecule has 0 unspecified atom stereocenters. The van der Waals surface area contributed by atoms with Crippen molar-refractivity contribution < 1.29 is 9.53 Å². The molecule has 0 atom stereocenters. The van der Waals surface area contributed by atoms with Gasteiger partial charge in [-0.25, -0.2) is 0 Å². The summed E-state index contributed by atoms with van der Waals surface area (Å²) in [6, 6.07) is 9.47. The predicted octanol–water partition coefficient (Wildman–Crippen LogP) is 3.64. The van der Waals surface area contributed by atoms with Gasteiger partial charge in [0.15, 0.2) is 0 Å². The van der Waals surface area contributed by atoms with Gasteiger partial charge < -0.3 is 9.64 Å². The highest BCUT2D eigenvalue weighted by Crippen LogP contribution is 2.29. The quantitative estimate of drug-likeness (QED) is 0.828. The van der Waals surface area contributed by atoms with Crippen molar-refractivity contribution >= 4 is 5.91 Å². The Balaban J connectivity index is 1.93. The van der Waals surface area contributed by atoms with Crippen molar-refractivity contribution in [3.05, 3.63) is 41.6 Å². The molecular formula is C21H26N4O2. The highest BCUT2D eigenvalue weighted by atomic mass is 16.5. The largest absolute Gasteiger partial charge is 0.378 e. The Morgan fingerprint density at radius 3 is 2.56 bits per heavy atom. The number of likely N-dealkylation sites (tertiary alicyclic amines) is 1. The Hall–Kier alpha value is -2.65. The van der Waals surface area contributed by atoms with Gasteiger partial charge in [0.05, 0.1) is 22.9 Å². The molecule has 1 aliphatic heterocycles. The Labute approximate surface area is 160 Å². The van der Waals surface area contributed by atoms with Gasteiger partial charge >= 0.3 is 0 Å². The van der Waals surface area contributed by atoms with E-state index in [1.54, 1.807) is 25.3 Å². The van der Waals surface area contributed by atoms with E-state index in [-0.39, 0.29) is 17.6 Å². The fourth-order valence-corrected chi connectivity index (χ4v) is 3.34. The van der Waals surface area contributed by atoms with Crippen molar-refractivity contribution in [2.45, 2.75) is 45.3 Å². The number of methoxy groups -OCH3 is 1.